The van der Waals surface area contributed by atoms with E-state index in [4.69, 9.17) is 9.47 Å². The summed E-state index contributed by atoms with van der Waals surface area (Å²) in [5.41, 5.74) is 1.23. The van der Waals surface area contributed by atoms with Crippen LogP contribution < -0.4 is 0 Å². The summed E-state index contributed by atoms with van der Waals surface area (Å²) in [6, 6.07) is 10.3. The summed E-state index contributed by atoms with van der Waals surface area (Å²) in [6.07, 6.45) is 4.53. The Balaban J connectivity index is 1.57. The first-order chi connectivity index (χ1) is 7.90. The summed E-state index contributed by atoms with van der Waals surface area (Å²) in [5, 5.41) is 0. The van der Waals surface area contributed by atoms with E-state index >= 15 is 0 Å². The lowest BCUT2D eigenvalue weighted by molar-refractivity contribution is 0.104. The van der Waals surface area contributed by atoms with E-state index in [1.165, 1.54) is 24.8 Å². The predicted molar refractivity (Wildman–Crippen MR) is 64.3 cm³/mol. The molecule has 0 saturated carbocycles. The van der Waals surface area contributed by atoms with E-state index in [0.29, 0.717) is 18.8 Å². The van der Waals surface area contributed by atoms with E-state index in [1.807, 2.05) is 18.2 Å². The molecule has 0 bridgehead atoms. The van der Waals surface area contributed by atoms with Crippen molar-refractivity contribution in [3.05, 3.63) is 35.9 Å². The Labute approximate surface area is 97.6 Å². The highest BCUT2D eigenvalue weighted by atomic mass is 16.6. The van der Waals surface area contributed by atoms with Crippen LogP contribution in [0.25, 0.3) is 0 Å². The fourth-order valence-corrected chi connectivity index (χ4v) is 1.85. The Morgan fingerprint density at radius 3 is 2.75 bits per heavy atom. The molecule has 0 spiro atoms. The largest absolute Gasteiger partial charge is 0.374 e. The minimum absolute atomic E-state index is 0.357. The molecule has 1 saturated heterocycles. The van der Waals surface area contributed by atoms with Crippen LogP contribution >= 0.6 is 0 Å². The number of hydrogen-bond acceptors (Lipinski definition) is 2. The highest BCUT2D eigenvalue weighted by molar-refractivity contribution is 5.13. The van der Waals surface area contributed by atoms with Gasteiger partial charge in [0.25, 0.3) is 0 Å². The van der Waals surface area contributed by atoms with Crippen molar-refractivity contribution in [3.8, 4) is 0 Å². The molecule has 1 heterocycles. The molecule has 1 fully saturated rings. The van der Waals surface area contributed by atoms with Gasteiger partial charge in [-0.15, -0.1) is 0 Å². The molecule has 2 rings (SSSR count). The molecule has 1 aliphatic rings. The molecule has 1 aromatic carbocycles. The lowest BCUT2D eigenvalue weighted by Crippen LogP contribution is -2.05. The highest BCUT2D eigenvalue weighted by Gasteiger charge is 2.37. The van der Waals surface area contributed by atoms with Crippen molar-refractivity contribution in [1.82, 2.24) is 0 Å². The fraction of sp³-hybridized carbons (Fsp3) is 0.571. The van der Waals surface area contributed by atoms with Gasteiger partial charge in [0.05, 0.1) is 19.3 Å². The van der Waals surface area contributed by atoms with E-state index < -0.39 is 0 Å². The molecular weight excluding hydrogens is 200 g/mol. The van der Waals surface area contributed by atoms with Crippen molar-refractivity contribution < 1.29 is 9.47 Å². The highest BCUT2D eigenvalue weighted by Crippen LogP contribution is 2.27. The zero-order chi connectivity index (χ0) is 11.2. The van der Waals surface area contributed by atoms with Crippen molar-refractivity contribution >= 4 is 0 Å². The van der Waals surface area contributed by atoms with Crippen molar-refractivity contribution in [1.29, 1.82) is 0 Å². The Bertz CT molecular complexity index is 297. The first-order valence-corrected chi connectivity index (χ1v) is 6.17. The molecule has 0 amide bonds. The van der Waals surface area contributed by atoms with E-state index in [0.717, 1.165) is 6.61 Å². The molecule has 2 atom stereocenters. The Hall–Kier alpha value is -0.860. The van der Waals surface area contributed by atoms with Gasteiger partial charge >= 0.3 is 0 Å². The van der Waals surface area contributed by atoms with Gasteiger partial charge in [0.2, 0.25) is 0 Å². The fourth-order valence-electron chi connectivity index (χ4n) is 1.85. The maximum atomic E-state index is 5.63. The number of epoxide rings is 1. The van der Waals surface area contributed by atoms with E-state index in [9.17, 15) is 0 Å². The van der Waals surface area contributed by atoms with Crippen LogP contribution in [0.15, 0.2) is 30.3 Å². The zero-order valence-electron chi connectivity index (χ0n) is 9.89. The second-order valence-corrected chi connectivity index (χ2v) is 4.36. The van der Waals surface area contributed by atoms with E-state index in [1.54, 1.807) is 0 Å². The molecule has 2 nitrogen and oxygen atoms in total. The van der Waals surface area contributed by atoms with Gasteiger partial charge in [0.1, 0.15) is 6.10 Å². The maximum Gasteiger partial charge on any atom is 0.107 e. The van der Waals surface area contributed by atoms with Crippen LogP contribution in [0.5, 0.6) is 0 Å². The molecule has 1 aromatic rings. The monoisotopic (exact) mass is 220 g/mol. The molecule has 16 heavy (non-hydrogen) atoms. The number of unbranched alkanes of at least 4 members (excludes halogenated alkanes) is 1. The van der Waals surface area contributed by atoms with Crippen molar-refractivity contribution in [2.75, 3.05) is 6.61 Å². The normalized spacial score (nSPS) is 23.3. The summed E-state index contributed by atoms with van der Waals surface area (Å²) in [5.74, 6) is 0. The third-order valence-electron chi connectivity index (χ3n) is 2.92. The molecule has 88 valence electrons. The topological polar surface area (TPSA) is 21.8 Å². The minimum atomic E-state index is 0.357. The number of ether oxygens (including phenoxy) is 2. The van der Waals surface area contributed by atoms with Gasteiger partial charge in [-0.05, 0) is 12.0 Å². The lowest BCUT2D eigenvalue weighted by Gasteiger charge is -2.01. The standard InChI is InChI=1S/C14H20O2/c1-2-3-9-13-14(16-13)11-15-10-12-7-5-4-6-8-12/h4-8,13-14H,2-3,9-11H2,1H3/t13-,14+/m1/s1. The van der Waals surface area contributed by atoms with Gasteiger partial charge < -0.3 is 9.47 Å². The number of benzene rings is 1. The molecule has 0 aromatic heterocycles. The Morgan fingerprint density at radius 2 is 2.00 bits per heavy atom. The third kappa shape index (κ3) is 3.62. The predicted octanol–water partition coefficient (Wildman–Crippen LogP) is 3.16. The van der Waals surface area contributed by atoms with E-state index in [2.05, 4.69) is 19.1 Å². The van der Waals surface area contributed by atoms with Crippen LogP contribution in [0.2, 0.25) is 0 Å². The number of hydrogen-bond donors (Lipinski definition) is 0. The molecular formula is C14H20O2. The zero-order valence-corrected chi connectivity index (χ0v) is 9.89. The SMILES string of the molecule is CCCC[C@H]1O[C@H]1COCc1ccccc1. The second-order valence-electron chi connectivity index (χ2n) is 4.36. The summed E-state index contributed by atoms with van der Waals surface area (Å²) in [6.45, 7) is 3.65. The van der Waals surface area contributed by atoms with E-state index in [-0.39, 0.29) is 0 Å². The number of rotatable bonds is 7. The summed E-state index contributed by atoms with van der Waals surface area (Å²) < 4.78 is 11.2. The van der Waals surface area contributed by atoms with Crippen LogP contribution in [-0.4, -0.2) is 18.8 Å². The van der Waals surface area contributed by atoms with Crippen molar-refractivity contribution in [3.63, 3.8) is 0 Å². The van der Waals surface area contributed by atoms with Gasteiger partial charge in [-0.3, -0.25) is 0 Å². The van der Waals surface area contributed by atoms with Gasteiger partial charge in [-0.1, -0.05) is 50.1 Å². The van der Waals surface area contributed by atoms with Gasteiger partial charge in [0.15, 0.2) is 0 Å². The van der Waals surface area contributed by atoms with Gasteiger partial charge in [-0.2, -0.15) is 0 Å². The van der Waals surface area contributed by atoms with Crippen LogP contribution in [0.1, 0.15) is 31.7 Å². The first kappa shape index (κ1) is 11.6. The lowest BCUT2D eigenvalue weighted by atomic mass is 10.2. The molecule has 1 aliphatic heterocycles. The molecule has 0 N–H and O–H groups in total. The molecule has 0 aliphatic carbocycles. The summed E-state index contributed by atoms with van der Waals surface area (Å²) in [7, 11) is 0. The second kappa shape index (κ2) is 6.02. The smallest absolute Gasteiger partial charge is 0.107 e. The van der Waals surface area contributed by atoms with Gasteiger partial charge in [-0.25, -0.2) is 0 Å². The van der Waals surface area contributed by atoms with Crippen LogP contribution in [-0.2, 0) is 16.1 Å². The molecule has 0 unspecified atom stereocenters. The van der Waals surface area contributed by atoms with Crippen LogP contribution in [0.3, 0.4) is 0 Å². The van der Waals surface area contributed by atoms with Crippen LogP contribution in [0, 0.1) is 0 Å². The average Bonchev–Trinajstić information content (AvgIpc) is 3.07. The average molecular weight is 220 g/mol. The molecule has 0 radical (unpaired) electrons. The minimum Gasteiger partial charge on any atom is -0.374 e. The molecule has 2 heteroatoms. The Morgan fingerprint density at radius 1 is 1.19 bits per heavy atom. The van der Waals surface area contributed by atoms with Crippen LogP contribution in [0.4, 0.5) is 0 Å². The van der Waals surface area contributed by atoms with Crippen molar-refractivity contribution in [2.45, 2.75) is 45.0 Å². The summed E-state index contributed by atoms with van der Waals surface area (Å²) >= 11 is 0. The van der Waals surface area contributed by atoms with Gasteiger partial charge in [0, 0.05) is 0 Å². The summed E-state index contributed by atoms with van der Waals surface area (Å²) in [4.78, 5) is 0. The van der Waals surface area contributed by atoms with Crippen molar-refractivity contribution in [2.24, 2.45) is 0 Å². The third-order valence-corrected chi connectivity index (χ3v) is 2.92. The quantitative estimate of drug-likeness (QED) is 0.658. The Kier molecular flexibility index (Phi) is 4.37. The first-order valence-electron chi connectivity index (χ1n) is 6.17. The maximum absolute atomic E-state index is 5.63.